The molecule has 1 rings (SSSR count). The average molecular weight is 386 g/mol. The summed E-state index contributed by atoms with van der Waals surface area (Å²) in [6.07, 6.45) is -26.4. The highest BCUT2D eigenvalue weighted by Gasteiger charge is 2.57. The fourth-order valence-corrected chi connectivity index (χ4v) is 1.76. The van der Waals surface area contributed by atoms with Crippen molar-refractivity contribution in [3.63, 3.8) is 0 Å². The Hall–Kier alpha value is -1.76. The zero-order valence-corrected chi connectivity index (χ0v) is 10.3. The largest absolute Gasteiger partial charge is 0.422 e. The molecule has 0 spiro atoms. The van der Waals surface area contributed by atoms with Crippen molar-refractivity contribution < 1.29 is 61.5 Å². The van der Waals surface area contributed by atoms with Gasteiger partial charge in [0.25, 0.3) is 0 Å². The maximum absolute atomic E-state index is 13.3. The van der Waals surface area contributed by atoms with Gasteiger partial charge in [0.2, 0.25) is 0 Å². The van der Waals surface area contributed by atoms with E-state index in [1.54, 1.807) is 0 Å². The molecule has 0 atom stereocenters. The molecule has 0 saturated carbocycles. The molecule has 0 saturated heterocycles. The minimum atomic E-state index is -6.65. The first-order valence-corrected chi connectivity index (χ1v) is 5.15. The molecule has 0 aliphatic heterocycles. The Morgan fingerprint density at radius 1 is 0.333 bits per heavy atom. The van der Waals surface area contributed by atoms with Crippen molar-refractivity contribution in [1.29, 1.82) is 0 Å². The van der Waals surface area contributed by atoms with Gasteiger partial charge in [0, 0.05) is 0 Å². The van der Waals surface area contributed by atoms with E-state index in [4.69, 9.17) is 0 Å². The maximum atomic E-state index is 13.3. The Morgan fingerprint density at radius 3 is 0.708 bits per heavy atom. The third-order valence-electron chi connectivity index (χ3n) is 2.51. The lowest BCUT2D eigenvalue weighted by molar-refractivity contribution is -0.180. The first-order valence-electron chi connectivity index (χ1n) is 5.15. The number of halogens is 14. The molecule has 138 valence electrons. The molecule has 0 amide bonds. The van der Waals surface area contributed by atoms with Crippen molar-refractivity contribution in [3.05, 3.63) is 33.9 Å². The van der Waals surface area contributed by atoms with Crippen LogP contribution < -0.4 is 0 Å². The normalized spacial score (nSPS) is 14.2. The molecule has 24 heavy (non-hydrogen) atoms. The summed E-state index contributed by atoms with van der Waals surface area (Å²) in [6.45, 7) is 0. The van der Waals surface area contributed by atoms with Crippen LogP contribution in [-0.2, 0) is 24.7 Å². The summed E-state index contributed by atoms with van der Waals surface area (Å²) in [5, 5.41) is 0. The highest BCUT2D eigenvalue weighted by Crippen LogP contribution is 2.51. The Bertz CT molecular complexity index is 597. The number of hydrogen-bond donors (Lipinski definition) is 0. The van der Waals surface area contributed by atoms with Crippen LogP contribution in [0.3, 0.4) is 0 Å². The van der Waals surface area contributed by atoms with Crippen LogP contribution in [0.25, 0.3) is 0 Å². The van der Waals surface area contributed by atoms with E-state index in [0.717, 1.165) is 0 Å². The van der Waals surface area contributed by atoms with Crippen molar-refractivity contribution in [2.45, 2.75) is 24.7 Å². The van der Waals surface area contributed by atoms with Gasteiger partial charge in [-0.05, 0) is 0 Å². The molecule has 14 heteroatoms. The molecule has 0 aromatic heterocycles. The van der Waals surface area contributed by atoms with Crippen LogP contribution in [0.5, 0.6) is 0 Å². The summed E-state index contributed by atoms with van der Waals surface area (Å²) in [4.78, 5) is 0. The lowest BCUT2D eigenvalue weighted by atomic mass is 9.94. The molecular formula is C10F14. The number of alkyl halides is 12. The molecule has 0 heterocycles. The zero-order chi connectivity index (χ0) is 19.5. The standard InChI is InChI=1S/C10F14/c11-5-2(8(16,17)18)1(7(13,14)15)3(9(19,20)21)6(12)4(5)10(22,23)24. The molecular weight excluding hydrogens is 386 g/mol. The van der Waals surface area contributed by atoms with Gasteiger partial charge in [-0.1, -0.05) is 0 Å². The van der Waals surface area contributed by atoms with Gasteiger partial charge in [-0.2, -0.15) is 52.7 Å². The molecule has 0 N–H and O–H groups in total. The van der Waals surface area contributed by atoms with Gasteiger partial charge in [0.15, 0.2) is 11.6 Å². The third kappa shape index (κ3) is 3.50. The fraction of sp³-hybridized carbons (Fsp3) is 0.400. The smallest absolute Gasteiger partial charge is 0.206 e. The summed E-state index contributed by atoms with van der Waals surface area (Å²) >= 11 is 0. The van der Waals surface area contributed by atoms with E-state index in [2.05, 4.69) is 0 Å². The van der Waals surface area contributed by atoms with Gasteiger partial charge in [0.05, 0.1) is 5.56 Å². The van der Waals surface area contributed by atoms with Gasteiger partial charge in [-0.25, -0.2) is 8.78 Å². The molecule has 0 radical (unpaired) electrons. The van der Waals surface area contributed by atoms with Gasteiger partial charge in [0.1, 0.15) is 16.7 Å². The van der Waals surface area contributed by atoms with Crippen LogP contribution in [-0.4, -0.2) is 0 Å². The van der Waals surface area contributed by atoms with Crippen LogP contribution in [0.4, 0.5) is 61.5 Å². The van der Waals surface area contributed by atoms with Gasteiger partial charge < -0.3 is 0 Å². The van der Waals surface area contributed by atoms with Crippen molar-refractivity contribution >= 4 is 0 Å². The van der Waals surface area contributed by atoms with Crippen LogP contribution >= 0.6 is 0 Å². The fourth-order valence-electron chi connectivity index (χ4n) is 1.76. The van der Waals surface area contributed by atoms with E-state index in [1.165, 1.54) is 0 Å². The summed E-state index contributed by atoms with van der Waals surface area (Å²) < 4.78 is 177. The molecule has 1 aromatic carbocycles. The van der Waals surface area contributed by atoms with Gasteiger partial charge >= 0.3 is 24.7 Å². The maximum Gasteiger partial charge on any atom is 0.422 e. The van der Waals surface area contributed by atoms with Crippen molar-refractivity contribution in [2.75, 3.05) is 0 Å². The predicted octanol–water partition coefficient (Wildman–Crippen LogP) is 6.04. The SMILES string of the molecule is Fc1c(C(F)(F)F)c(F)c(C(F)(F)F)c(C(F)(F)F)c1C(F)(F)F. The number of benzene rings is 1. The van der Waals surface area contributed by atoms with Crippen molar-refractivity contribution in [1.82, 2.24) is 0 Å². The molecule has 0 unspecified atom stereocenters. The van der Waals surface area contributed by atoms with E-state index < -0.39 is 58.6 Å². The van der Waals surface area contributed by atoms with E-state index in [1.807, 2.05) is 0 Å². The van der Waals surface area contributed by atoms with Crippen molar-refractivity contribution in [3.8, 4) is 0 Å². The second-order valence-corrected chi connectivity index (χ2v) is 4.12. The second-order valence-electron chi connectivity index (χ2n) is 4.12. The number of rotatable bonds is 0. The average Bonchev–Trinajstić information content (AvgIpc) is 2.20. The lowest BCUT2D eigenvalue weighted by Crippen LogP contribution is -2.29. The predicted molar refractivity (Wildman–Crippen MR) is 46.4 cm³/mol. The van der Waals surface area contributed by atoms with Crippen molar-refractivity contribution in [2.24, 2.45) is 0 Å². The Balaban J connectivity index is 4.31. The first kappa shape index (κ1) is 20.3. The van der Waals surface area contributed by atoms with Crippen LogP contribution in [0, 0.1) is 11.6 Å². The van der Waals surface area contributed by atoms with Crippen LogP contribution in [0.2, 0.25) is 0 Å². The third-order valence-corrected chi connectivity index (χ3v) is 2.51. The molecule has 0 aliphatic rings. The molecule has 0 bridgehead atoms. The molecule has 0 aliphatic carbocycles. The Kier molecular flexibility index (Phi) is 4.54. The minimum absolute atomic E-state index is 3.73. The summed E-state index contributed by atoms with van der Waals surface area (Å²) in [6, 6.07) is 0. The highest BCUT2D eigenvalue weighted by molar-refractivity contribution is 5.47. The van der Waals surface area contributed by atoms with Gasteiger partial charge in [-0.15, -0.1) is 0 Å². The van der Waals surface area contributed by atoms with Gasteiger partial charge in [-0.3, -0.25) is 0 Å². The van der Waals surface area contributed by atoms with E-state index in [-0.39, 0.29) is 0 Å². The minimum Gasteiger partial charge on any atom is -0.206 e. The summed E-state index contributed by atoms with van der Waals surface area (Å²) in [5.41, 5.74) is -15.5. The van der Waals surface area contributed by atoms with Crippen LogP contribution in [0.15, 0.2) is 0 Å². The summed E-state index contributed by atoms with van der Waals surface area (Å²) in [5.74, 6) is -7.68. The molecule has 1 aromatic rings. The Labute approximate surface area is 121 Å². The highest BCUT2D eigenvalue weighted by atomic mass is 19.4. The molecule has 0 fully saturated rings. The van der Waals surface area contributed by atoms with E-state index in [9.17, 15) is 61.5 Å². The Morgan fingerprint density at radius 2 is 0.542 bits per heavy atom. The first-order chi connectivity index (χ1) is 10.3. The monoisotopic (exact) mass is 386 g/mol. The topological polar surface area (TPSA) is 0 Å². The number of hydrogen-bond acceptors (Lipinski definition) is 0. The zero-order valence-electron chi connectivity index (χ0n) is 10.3. The molecule has 0 nitrogen and oxygen atoms in total. The summed E-state index contributed by atoms with van der Waals surface area (Å²) in [7, 11) is 0. The van der Waals surface area contributed by atoms with Crippen LogP contribution in [0.1, 0.15) is 22.3 Å². The second kappa shape index (κ2) is 5.37. The quantitative estimate of drug-likeness (QED) is 0.477. The lowest BCUT2D eigenvalue weighted by Gasteiger charge is -2.24. The van der Waals surface area contributed by atoms with E-state index >= 15 is 0 Å². The van der Waals surface area contributed by atoms with E-state index in [0.29, 0.717) is 0 Å².